The summed E-state index contributed by atoms with van der Waals surface area (Å²) >= 11 is 0. The lowest BCUT2D eigenvalue weighted by Gasteiger charge is -2.35. The molecule has 2 aliphatic heterocycles. The molecule has 180 valence electrons. The second-order valence-electron chi connectivity index (χ2n) is 10.3. The number of nitrogens with zero attached hydrogens (tertiary/aromatic N) is 6. The molecule has 1 amide bonds. The molecule has 3 aromatic rings. The molecule has 6 rings (SSSR count). The van der Waals surface area contributed by atoms with Crippen LogP contribution in [0.5, 0.6) is 0 Å². The van der Waals surface area contributed by atoms with Crippen molar-refractivity contribution in [1.29, 1.82) is 5.26 Å². The molecule has 0 spiro atoms. The number of carbonyl (C=O) groups is 1. The Labute approximate surface area is 206 Å². The van der Waals surface area contributed by atoms with Gasteiger partial charge < -0.3 is 9.80 Å². The first-order valence-corrected chi connectivity index (χ1v) is 13.1. The molecular weight excluding hydrogens is 436 g/mol. The summed E-state index contributed by atoms with van der Waals surface area (Å²) < 4.78 is 1.85. The maximum atomic E-state index is 13.9. The maximum absolute atomic E-state index is 13.9. The Balaban J connectivity index is 1.32. The molecule has 7 nitrogen and oxygen atoms in total. The molecule has 2 atom stereocenters. The SMILES string of the molecule is Cc1cn2nc(C3CCCCN3C(=O)c3cccc4c3CCCC4)cc2nc1N1CCC(C#N)C1. The summed E-state index contributed by atoms with van der Waals surface area (Å²) in [6.45, 7) is 4.41. The smallest absolute Gasteiger partial charge is 0.254 e. The summed E-state index contributed by atoms with van der Waals surface area (Å²) in [6.07, 6.45) is 10.4. The summed E-state index contributed by atoms with van der Waals surface area (Å²) in [7, 11) is 0. The van der Waals surface area contributed by atoms with Crippen molar-refractivity contribution >= 4 is 17.4 Å². The highest BCUT2D eigenvalue weighted by atomic mass is 16.2. The Morgan fingerprint density at radius 1 is 1.11 bits per heavy atom. The van der Waals surface area contributed by atoms with Crippen LogP contribution in [0.4, 0.5) is 5.82 Å². The molecule has 35 heavy (non-hydrogen) atoms. The lowest BCUT2D eigenvalue weighted by molar-refractivity contribution is 0.0604. The van der Waals surface area contributed by atoms with Crippen LogP contribution in [0.25, 0.3) is 5.65 Å². The number of carbonyl (C=O) groups excluding carboxylic acids is 1. The Morgan fingerprint density at radius 3 is 2.86 bits per heavy atom. The van der Waals surface area contributed by atoms with Gasteiger partial charge in [0.05, 0.1) is 23.7 Å². The van der Waals surface area contributed by atoms with Crippen LogP contribution < -0.4 is 4.90 Å². The summed E-state index contributed by atoms with van der Waals surface area (Å²) in [5, 5.41) is 14.2. The van der Waals surface area contributed by atoms with E-state index >= 15 is 0 Å². The number of fused-ring (bicyclic) bond motifs is 2. The Morgan fingerprint density at radius 2 is 2.00 bits per heavy atom. The van der Waals surface area contributed by atoms with Gasteiger partial charge >= 0.3 is 0 Å². The Bertz CT molecular complexity index is 1320. The monoisotopic (exact) mass is 468 g/mol. The van der Waals surface area contributed by atoms with Gasteiger partial charge in [0.15, 0.2) is 5.65 Å². The molecule has 3 aliphatic rings. The van der Waals surface area contributed by atoms with Crippen LogP contribution in [0, 0.1) is 24.2 Å². The molecule has 1 aliphatic carbocycles. The lowest BCUT2D eigenvalue weighted by atomic mass is 9.87. The van der Waals surface area contributed by atoms with Crippen molar-refractivity contribution in [2.45, 2.75) is 64.3 Å². The standard InChI is InChI=1S/C28H32N6O/c1-19-17-34-26(30-27(19)32-14-12-20(16-29)18-32)15-24(31-34)25-11-4-5-13-33(25)28(35)23-10-6-8-21-7-2-3-9-22(21)23/h6,8,10,15,17,20,25H,2-5,7,9,11-14,18H2,1H3. The zero-order valence-corrected chi connectivity index (χ0v) is 20.4. The van der Waals surface area contributed by atoms with Crippen molar-refractivity contribution in [3.05, 3.63) is 58.4 Å². The molecule has 7 heteroatoms. The fraction of sp³-hybridized carbons (Fsp3) is 0.500. The van der Waals surface area contributed by atoms with E-state index in [0.717, 1.165) is 92.9 Å². The van der Waals surface area contributed by atoms with Gasteiger partial charge in [0.2, 0.25) is 0 Å². The van der Waals surface area contributed by atoms with Gasteiger partial charge in [0.25, 0.3) is 5.91 Å². The number of nitriles is 1. The zero-order valence-electron chi connectivity index (χ0n) is 20.4. The highest BCUT2D eigenvalue weighted by molar-refractivity contribution is 5.96. The van der Waals surface area contributed by atoms with E-state index in [2.05, 4.69) is 34.9 Å². The van der Waals surface area contributed by atoms with Gasteiger partial charge in [-0.05, 0) is 75.5 Å². The number of rotatable bonds is 3. The number of hydrogen-bond acceptors (Lipinski definition) is 5. The number of aryl methyl sites for hydroxylation is 2. The van der Waals surface area contributed by atoms with Gasteiger partial charge in [-0.3, -0.25) is 4.79 Å². The fourth-order valence-corrected chi connectivity index (χ4v) is 6.18. The van der Waals surface area contributed by atoms with Gasteiger partial charge in [-0.1, -0.05) is 12.1 Å². The first kappa shape index (κ1) is 22.1. The number of hydrogen-bond donors (Lipinski definition) is 0. The van der Waals surface area contributed by atoms with Gasteiger partial charge in [-0.2, -0.15) is 10.4 Å². The van der Waals surface area contributed by atoms with Crippen molar-refractivity contribution in [3.8, 4) is 6.07 Å². The minimum absolute atomic E-state index is 0.0316. The number of likely N-dealkylation sites (tertiary alicyclic amines) is 1. The Hall–Kier alpha value is -3.40. The van der Waals surface area contributed by atoms with E-state index < -0.39 is 0 Å². The first-order valence-electron chi connectivity index (χ1n) is 13.1. The molecular formula is C28H32N6O. The molecule has 2 fully saturated rings. The Kier molecular flexibility index (Phi) is 5.68. The largest absolute Gasteiger partial charge is 0.355 e. The average Bonchev–Trinajstić information content (AvgIpc) is 3.54. The maximum Gasteiger partial charge on any atom is 0.254 e. The number of piperidine rings is 1. The molecule has 0 N–H and O–H groups in total. The van der Waals surface area contributed by atoms with Crippen LogP contribution >= 0.6 is 0 Å². The normalized spacial score (nSPS) is 22.3. The van der Waals surface area contributed by atoms with Crippen LogP contribution in [0.15, 0.2) is 30.5 Å². The molecule has 0 radical (unpaired) electrons. The average molecular weight is 469 g/mol. The zero-order chi connectivity index (χ0) is 23.9. The van der Waals surface area contributed by atoms with Crippen LogP contribution in [0.3, 0.4) is 0 Å². The predicted octanol–water partition coefficient (Wildman–Crippen LogP) is 4.63. The minimum atomic E-state index is -0.0316. The van der Waals surface area contributed by atoms with Crippen LogP contribution in [0.2, 0.25) is 0 Å². The third-order valence-electron chi connectivity index (χ3n) is 8.03. The summed E-state index contributed by atoms with van der Waals surface area (Å²) in [6, 6.07) is 10.7. The lowest BCUT2D eigenvalue weighted by Crippen LogP contribution is -2.39. The van der Waals surface area contributed by atoms with E-state index in [9.17, 15) is 10.1 Å². The quantitative estimate of drug-likeness (QED) is 0.560. The predicted molar refractivity (Wildman–Crippen MR) is 134 cm³/mol. The van der Waals surface area contributed by atoms with E-state index in [1.54, 1.807) is 0 Å². The molecule has 1 aromatic carbocycles. The second-order valence-corrected chi connectivity index (χ2v) is 10.3. The molecule has 0 saturated carbocycles. The summed E-state index contributed by atoms with van der Waals surface area (Å²) in [5.41, 5.74) is 6.26. The second kappa shape index (κ2) is 8.99. The van der Waals surface area contributed by atoms with Crippen LogP contribution in [-0.2, 0) is 12.8 Å². The van der Waals surface area contributed by atoms with E-state index in [1.807, 2.05) is 22.8 Å². The number of anilines is 1. The van der Waals surface area contributed by atoms with E-state index in [1.165, 1.54) is 17.5 Å². The summed E-state index contributed by atoms with van der Waals surface area (Å²) in [5.74, 6) is 1.16. The van der Waals surface area contributed by atoms with Gasteiger partial charge in [0, 0.05) is 43.0 Å². The van der Waals surface area contributed by atoms with Crippen molar-refractivity contribution in [1.82, 2.24) is 19.5 Å². The van der Waals surface area contributed by atoms with Crippen molar-refractivity contribution < 1.29 is 4.79 Å². The van der Waals surface area contributed by atoms with Crippen LogP contribution in [-0.4, -0.2) is 45.0 Å². The number of aromatic nitrogens is 3. The van der Waals surface area contributed by atoms with E-state index in [0.29, 0.717) is 0 Å². The highest BCUT2D eigenvalue weighted by Gasteiger charge is 2.32. The molecule has 2 saturated heterocycles. The molecule has 4 heterocycles. The minimum Gasteiger partial charge on any atom is -0.355 e. The third kappa shape index (κ3) is 3.95. The number of amides is 1. The van der Waals surface area contributed by atoms with E-state index in [-0.39, 0.29) is 17.9 Å². The van der Waals surface area contributed by atoms with Crippen molar-refractivity contribution in [2.75, 3.05) is 24.5 Å². The van der Waals surface area contributed by atoms with Crippen molar-refractivity contribution in [2.24, 2.45) is 5.92 Å². The number of benzene rings is 1. The first-order chi connectivity index (χ1) is 17.1. The van der Waals surface area contributed by atoms with Gasteiger partial charge in [-0.25, -0.2) is 9.50 Å². The highest BCUT2D eigenvalue weighted by Crippen LogP contribution is 2.34. The topological polar surface area (TPSA) is 77.5 Å². The van der Waals surface area contributed by atoms with Crippen molar-refractivity contribution in [3.63, 3.8) is 0 Å². The molecule has 2 unspecified atom stereocenters. The molecule has 0 bridgehead atoms. The third-order valence-corrected chi connectivity index (χ3v) is 8.03. The van der Waals surface area contributed by atoms with Gasteiger partial charge in [0.1, 0.15) is 5.82 Å². The fourth-order valence-electron chi connectivity index (χ4n) is 6.18. The van der Waals surface area contributed by atoms with E-state index in [4.69, 9.17) is 10.1 Å². The van der Waals surface area contributed by atoms with Crippen LogP contribution in [0.1, 0.15) is 77.3 Å². The van der Waals surface area contributed by atoms with Gasteiger partial charge in [-0.15, -0.1) is 0 Å². The summed E-state index contributed by atoms with van der Waals surface area (Å²) in [4.78, 5) is 23.1. The molecule has 2 aromatic heterocycles.